The van der Waals surface area contributed by atoms with E-state index in [2.05, 4.69) is 22.3 Å². The van der Waals surface area contributed by atoms with Crippen LogP contribution in [0.1, 0.15) is 34.5 Å². The van der Waals surface area contributed by atoms with Crippen LogP contribution in [0.5, 0.6) is 0 Å². The Morgan fingerprint density at radius 3 is 2.71 bits per heavy atom. The first-order valence-corrected chi connectivity index (χ1v) is 8.50. The van der Waals surface area contributed by atoms with Gasteiger partial charge >= 0.3 is 12.1 Å². The van der Waals surface area contributed by atoms with Gasteiger partial charge in [0.15, 0.2) is 11.5 Å². The van der Waals surface area contributed by atoms with E-state index in [4.69, 9.17) is 5.11 Å². The Hall–Kier alpha value is -3.36. The fraction of sp³-hybridized carbons (Fsp3) is 0.211. The van der Waals surface area contributed by atoms with Crippen molar-refractivity contribution in [1.29, 1.82) is 0 Å². The first-order valence-electron chi connectivity index (χ1n) is 8.50. The van der Waals surface area contributed by atoms with Crippen molar-refractivity contribution in [3.8, 4) is 17.1 Å². The highest BCUT2D eigenvalue weighted by Gasteiger charge is 2.41. The van der Waals surface area contributed by atoms with Gasteiger partial charge in [0.25, 0.3) is 0 Å². The Morgan fingerprint density at radius 1 is 1.25 bits per heavy atom. The molecule has 4 rings (SSSR count). The summed E-state index contributed by atoms with van der Waals surface area (Å²) in [5, 5.41) is 16.0. The van der Waals surface area contributed by atoms with E-state index in [0.29, 0.717) is 22.5 Å². The van der Waals surface area contributed by atoms with E-state index in [-0.39, 0.29) is 5.82 Å². The van der Waals surface area contributed by atoms with Crippen LogP contribution in [0.2, 0.25) is 0 Å². The van der Waals surface area contributed by atoms with Gasteiger partial charge in [-0.2, -0.15) is 18.3 Å². The van der Waals surface area contributed by atoms with Gasteiger partial charge in [-0.25, -0.2) is 14.5 Å². The highest BCUT2D eigenvalue weighted by atomic mass is 19.4. The lowest BCUT2D eigenvalue weighted by molar-refractivity contribution is -0.143. The van der Waals surface area contributed by atoms with E-state index < -0.39 is 23.4 Å². The molecule has 0 fully saturated rings. The molecular formula is C19H15F3N4O2. The number of aromatic nitrogens is 3. The number of halogens is 3. The fourth-order valence-electron chi connectivity index (χ4n) is 3.40. The predicted octanol–water partition coefficient (Wildman–Crippen LogP) is 4.18. The summed E-state index contributed by atoms with van der Waals surface area (Å²) in [5.41, 5.74) is 0.972. The van der Waals surface area contributed by atoms with Crippen LogP contribution in [0, 0.1) is 0 Å². The van der Waals surface area contributed by atoms with Gasteiger partial charge in [0, 0.05) is 23.7 Å². The number of pyridine rings is 1. The third-order valence-corrected chi connectivity index (χ3v) is 4.71. The number of nitrogens with one attached hydrogen (secondary N) is 1. The number of hydrogen-bond acceptors (Lipinski definition) is 4. The molecule has 0 amide bonds. The molecule has 0 aliphatic carbocycles. The van der Waals surface area contributed by atoms with Crippen LogP contribution in [0.15, 0.2) is 42.6 Å². The zero-order valence-corrected chi connectivity index (χ0v) is 14.7. The molecule has 1 aromatic carbocycles. The van der Waals surface area contributed by atoms with Crippen molar-refractivity contribution in [3.05, 3.63) is 59.4 Å². The molecule has 144 valence electrons. The van der Waals surface area contributed by atoms with E-state index in [9.17, 15) is 18.0 Å². The molecular weight excluding hydrogens is 373 g/mol. The van der Waals surface area contributed by atoms with Crippen molar-refractivity contribution in [2.45, 2.75) is 19.0 Å². The molecule has 0 saturated carbocycles. The molecule has 1 unspecified atom stereocenters. The Balaban J connectivity index is 1.86. The third kappa shape index (κ3) is 2.88. The summed E-state index contributed by atoms with van der Waals surface area (Å²) in [6, 6.07) is 10.3. The number of anilines is 1. The van der Waals surface area contributed by atoms with Gasteiger partial charge in [0.05, 0.1) is 11.9 Å². The topological polar surface area (TPSA) is 80.0 Å². The van der Waals surface area contributed by atoms with Crippen molar-refractivity contribution < 1.29 is 23.1 Å². The number of benzene rings is 1. The second kappa shape index (κ2) is 6.36. The van der Waals surface area contributed by atoms with Crippen LogP contribution in [0.3, 0.4) is 0 Å². The lowest BCUT2D eigenvalue weighted by Gasteiger charge is -2.13. The van der Waals surface area contributed by atoms with Crippen LogP contribution < -0.4 is 5.32 Å². The van der Waals surface area contributed by atoms with Gasteiger partial charge in [0.2, 0.25) is 0 Å². The zero-order chi connectivity index (χ0) is 20.1. The molecule has 2 aromatic heterocycles. The molecule has 0 spiro atoms. The van der Waals surface area contributed by atoms with Crippen molar-refractivity contribution in [1.82, 2.24) is 14.8 Å². The smallest absolute Gasteiger partial charge is 0.434 e. The van der Waals surface area contributed by atoms with E-state index in [0.717, 1.165) is 23.4 Å². The lowest BCUT2D eigenvalue weighted by Crippen LogP contribution is -2.18. The Kier molecular flexibility index (Phi) is 4.10. The fourth-order valence-corrected chi connectivity index (χ4v) is 3.40. The molecule has 9 heteroatoms. The normalized spacial score (nSPS) is 15.9. The molecule has 1 atom stereocenters. The average Bonchev–Trinajstić information content (AvgIpc) is 3.26. The molecule has 1 aliphatic rings. The molecule has 0 bridgehead atoms. The molecule has 6 nitrogen and oxygen atoms in total. The number of aromatic carboxylic acids is 1. The number of carboxylic acids is 1. The highest BCUT2D eigenvalue weighted by Crippen LogP contribution is 2.39. The predicted molar refractivity (Wildman–Crippen MR) is 95.7 cm³/mol. The van der Waals surface area contributed by atoms with E-state index >= 15 is 0 Å². The number of nitrogens with zero attached hydrogens (tertiary/aromatic N) is 3. The van der Waals surface area contributed by atoms with Crippen molar-refractivity contribution in [2.75, 3.05) is 11.9 Å². The maximum absolute atomic E-state index is 13.5. The molecule has 2 N–H and O–H groups in total. The van der Waals surface area contributed by atoms with Gasteiger partial charge in [-0.3, -0.25) is 0 Å². The minimum absolute atomic E-state index is 0.110. The third-order valence-electron chi connectivity index (χ3n) is 4.71. The monoisotopic (exact) mass is 388 g/mol. The van der Waals surface area contributed by atoms with Crippen LogP contribution in [-0.4, -0.2) is 32.4 Å². The van der Waals surface area contributed by atoms with Crippen molar-refractivity contribution >= 4 is 11.7 Å². The van der Waals surface area contributed by atoms with Gasteiger partial charge in [-0.15, -0.1) is 0 Å². The van der Waals surface area contributed by atoms with Gasteiger partial charge in [-0.05, 0) is 17.7 Å². The number of carboxylic acid groups (broad SMARTS) is 1. The summed E-state index contributed by atoms with van der Waals surface area (Å²) < 4.78 is 40.9. The number of fused-ring (bicyclic) bond motifs is 1. The largest absolute Gasteiger partial charge is 0.478 e. The van der Waals surface area contributed by atoms with E-state index in [1.807, 2.05) is 18.2 Å². The Bertz CT molecular complexity index is 1080. The standard InChI is InChI=1S/C19H15F3N4O2/c1-10-8-23-16-11(10)4-2-5-12(16)14-6-3-7-15(25-14)26-17(19(20,21)22)13(9-24-26)18(27)28/h2-7,9-10,23H,8H2,1H3,(H,27,28). The van der Waals surface area contributed by atoms with E-state index in [1.165, 1.54) is 6.07 Å². The van der Waals surface area contributed by atoms with Crippen LogP contribution in [-0.2, 0) is 6.18 Å². The first kappa shape index (κ1) is 18.0. The van der Waals surface area contributed by atoms with Crippen molar-refractivity contribution in [3.63, 3.8) is 0 Å². The minimum Gasteiger partial charge on any atom is -0.478 e. The van der Waals surface area contributed by atoms with Gasteiger partial charge in [-0.1, -0.05) is 31.2 Å². The van der Waals surface area contributed by atoms with Crippen LogP contribution >= 0.6 is 0 Å². The summed E-state index contributed by atoms with van der Waals surface area (Å²) in [5.74, 6) is -1.49. The SMILES string of the molecule is CC1CNc2c(-c3cccc(-n4ncc(C(=O)O)c4C(F)(F)F)n3)cccc21. The summed E-state index contributed by atoms with van der Waals surface area (Å²) >= 11 is 0. The molecule has 0 saturated heterocycles. The summed E-state index contributed by atoms with van der Waals surface area (Å²) in [6.07, 6.45) is -4.21. The van der Waals surface area contributed by atoms with E-state index in [1.54, 1.807) is 12.1 Å². The Morgan fingerprint density at radius 2 is 2.00 bits per heavy atom. The Labute approximate surface area is 157 Å². The minimum atomic E-state index is -4.90. The maximum atomic E-state index is 13.5. The molecule has 1 aliphatic heterocycles. The molecule has 3 heterocycles. The quantitative estimate of drug-likeness (QED) is 0.704. The second-order valence-electron chi connectivity index (χ2n) is 6.55. The number of carbonyl (C=O) groups is 1. The second-order valence-corrected chi connectivity index (χ2v) is 6.55. The van der Waals surface area contributed by atoms with Gasteiger partial charge in [0.1, 0.15) is 5.56 Å². The van der Waals surface area contributed by atoms with Crippen LogP contribution in [0.25, 0.3) is 17.1 Å². The molecule has 0 radical (unpaired) electrons. The zero-order valence-electron chi connectivity index (χ0n) is 14.7. The summed E-state index contributed by atoms with van der Waals surface area (Å²) in [7, 11) is 0. The first-order chi connectivity index (χ1) is 13.3. The summed E-state index contributed by atoms with van der Waals surface area (Å²) in [6.45, 7) is 2.85. The maximum Gasteiger partial charge on any atom is 0.434 e. The van der Waals surface area contributed by atoms with Gasteiger partial charge < -0.3 is 10.4 Å². The number of para-hydroxylation sites is 1. The average molecular weight is 388 g/mol. The molecule has 28 heavy (non-hydrogen) atoms. The number of hydrogen-bond donors (Lipinski definition) is 2. The van der Waals surface area contributed by atoms with Crippen molar-refractivity contribution in [2.24, 2.45) is 0 Å². The number of alkyl halides is 3. The summed E-state index contributed by atoms with van der Waals surface area (Å²) in [4.78, 5) is 15.5. The van der Waals surface area contributed by atoms with Crippen LogP contribution in [0.4, 0.5) is 18.9 Å². The lowest BCUT2D eigenvalue weighted by atomic mass is 9.99. The molecule has 3 aromatic rings. The highest BCUT2D eigenvalue weighted by molar-refractivity contribution is 5.89. The number of rotatable bonds is 3.